The zero-order valence-corrected chi connectivity index (χ0v) is 33.9. The van der Waals surface area contributed by atoms with Crippen molar-refractivity contribution in [3.8, 4) is 56.4 Å². The summed E-state index contributed by atoms with van der Waals surface area (Å²) in [4.78, 5) is 53.7. The molecule has 0 atom stereocenters. The van der Waals surface area contributed by atoms with Gasteiger partial charge in [-0.25, -0.2) is 9.59 Å². The maximum Gasteiger partial charge on any atom is 0.336 e. The number of phenols is 2. The monoisotopic (exact) mass is 851 g/mol. The maximum absolute atomic E-state index is 12.3. The molecule has 4 aliphatic rings. The van der Waals surface area contributed by atoms with Gasteiger partial charge >= 0.3 is 11.9 Å². The molecule has 0 bridgehead atoms. The number of isothiocyanates is 1. The number of aromatic hydroxyl groups is 2. The highest BCUT2D eigenvalue weighted by atomic mass is 32.1. The molecular weight excluding hydrogens is 819 g/mol. The maximum atomic E-state index is 12.3. The summed E-state index contributed by atoms with van der Waals surface area (Å²) >= 11 is 10.0. The van der Waals surface area contributed by atoms with E-state index in [2.05, 4.69) is 27.7 Å². The molecule has 5 N–H and O–H groups in total. The van der Waals surface area contributed by atoms with Crippen LogP contribution in [0.5, 0.6) is 11.5 Å². The first-order valence-corrected chi connectivity index (χ1v) is 19.4. The minimum Gasteiger partial charge on any atom is -0.508 e. The molecule has 0 amide bonds. The number of hydrogen-bond acceptors (Lipinski definition) is 11. The summed E-state index contributed by atoms with van der Waals surface area (Å²) in [6.45, 7) is 5.44. The normalized spacial score (nSPS) is 10.9. The van der Waals surface area contributed by atoms with Crippen molar-refractivity contribution in [3.63, 3.8) is 0 Å². The topological polar surface area (TPSA) is 203 Å². The Bertz CT molecular complexity index is 3170. The van der Waals surface area contributed by atoms with Gasteiger partial charge in [0.05, 0.1) is 22.0 Å². The summed E-state index contributed by atoms with van der Waals surface area (Å²) in [5.74, 6) is -1.67. The van der Waals surface area contributed by atoms with Crippen LogP contribution in [0.2, 0.25) is 0 Å². The number of nitrogens with one attached hydrogen (secondary N) is 1. The van der Waals surface area contributed by atoms with E-state index in [-0.39, 0.29) is 39.2 Å². The predicted molar refractivity (Wildman–Crippen MR) is 240 cm³/mol. The van der Waals surface area contributed by atoms with Crippen molar-refractivity contribution in [3.05, 3.63) is 141 Å². The summed E-state index contributed by atoms with van der Waals surface area (Å²) in [6, 6.07) is 27.5. The van der Waals surface area contributed by atoms with Gasteiger partial charge in [0.15, 0.2) is 16.0 Å². The minimum absolute atomic E-state index is 0.00208. The molecule has 0 spiro atoms. The molecule has 4 aromatic rings. The van der Waals surface area contributed by atoms with Crippen molar-refractivity contribution in [2.45, 2.75) is 13.8 Å². The lowest BCUT2D eigenvalue weighted by Crippen LogP contribution is -2.34. The number of thiocarbonyl (C=S) groups is 2. The first-order chi connectivity index (χ1) is 29.3. The molecule has 0 radical (unpaired) electrons. The SMILES string of the molecule is CCN(CC)C(=S)Nc1ccc(-c2c3ccc(=O)cc-3oc3cc(O)ccc23)c(C(=O)O)c1.O=C(O)c1cc(N=C=S)ccc1-c1c2ccc(=O)cc-2oc2cc(O)ccc12. The number of phenolic OH excluding ortho intramolecular Hbond substituents is 2. The lowest BCUT2D eigenvalue weighted by molar-refractivity contribution is 0.0687. The molecule has 61 heavy (non-hydrogen) atoms. The number of benzene rings is 6. The number of anilines is 1. The van der Waals surface area contributed by atoms with Gasteiger partial charge in [-0.2, -0.15) is 4.99 Å². The van der Waals surface area contributed by atoms with Crippen molar-refractivity contribution in [1.82, 2.24) is 4.90 Å². The van der Waals surface area contributed by atoms with E-state index in [1.165, 1.54) is 60.7 Å². The number of aromatic carboxylic acids is 2. The van der Waals surface area contributed by atoms with Crippen molar-refractivity contribution in [1.29, 1.82) is 0 Å². The standard InChI is InChI=1S/C25H22N2O5S.C21H11NO5S/c1-3-27(4-2)25(33)26-14-5-8-17(20(11-14)24(30)31)23-18-9-6-15(28)12-21(18)32-22-13-16(29)7-10-19(22)23;23-12-2-5-15-18(8-12)27-19-9-13(24)3-6-16(19)20(15)14-4-1-11(22-10-28)7-17(14)21(25)26/h5-13,28H,3-4H2,1-2H3,(H,26,33)(H,30,31);1-9,23H,(H,25,26). The van der Waals surface area contributed by atoms with E-state index < -0.39 is 11.9 Å². The number of fused-ring (bicyclic) bond motifs is 4. The number of rotatable bonds is 8. The molecule has 2 heterocycles. The van der Waals surface area contributed by atoms with E-state index >= 15 is 0 Å². The van der Waals surface area contributed by atoms with Gasteiger partial charge in [0.1, 0.15) is 34.2 Å². The summed E-state index contributed by atoms with van der Waals surface area (Å²) < 4.78 is 11.6. The van der Waals surface area contributed by atoms with Crippen LogP contribution >= 0.6 is 24.4 Å². The fourth-order valence-electron chi connectivity index (χ4n) is 7.08. The quantitative estimate of drug-likeness (QED) is 0.0549. The average molecular weight is 852 g/mol. The summed E-state index contributed by atoms with van der Waals surface area (Å²) in [7, 11) is 0. The van der Waals surface area contributed by atoms with Crippen LogP contribution in [0.25, 0.3) is 66.8 Å². The molecule has 0 saturated carbocycles. The Morgan fingerprint density at radius 1 is 0.656 bits per heavy atom. The van der Waals surface area contributed by atoms with Gasteiger partial charge in [0.25, 0.3) is 0 Å². The fraction of sp³-hybridized carbons (Fsp3) is 0.0870. The Kier molecular flexibility index (Phi) is 11.7. The lowest BCUT2D eigenvalue weighted by Gasteiger charge is -2.23. The minimum atomic E-state index is -1.14. The van der Waals surface area contributed by atoms with E-state index in [1.54, 1.807) is 48.5 Å². The van der Waals surface area contributed by atoms with Crippen LogP contribution in [0.1, 0.15) is 34.6 Å². The highest BCUT2D eigenvalue weighted by Gasteiger charge is 2.24. The summed E-state index contributed by atoms with van der Waals surface area (Å²) in [5.41, 5.74) is 4.40. The van der Waals surface area contributed by atoms with Gasteiger partial charge in [0.2, 0.25) is 0 Å². The van der Waals surface area contributed by atoms with Gasteiger partial charge in [-0.05, 0) is 122 Å². The molecule has 2 aliphatic heterocycles. The van der Waals surface area contributed by atoms with Crippen LogP contribution in [0.3, 0.4) is 0 Å². The van der Waals surface area contributed by atoms with E-state index in [4.69, 9.17) is 21.1 Å². The van der Waals surface area contributed by atoms with Crippen LogP contribution in [0, 0.1) is 0 Å². The molecule has 13 nitrogen and oxygen atoms in total. The molecular formula is C46H33N3O10S2. The molecule has 0 aromatic heterocycles. The van der Waals surface area contributed by atoms with Crippen LogP contribution in [-0.2, 0) is 0 Å². The summed E-state index contributed by atoms with van der Waals surface area (Å²) in [6.07, 6.45) is 0. The highest BCUT2D eigenvalue weighted by molar-refractivity contribution is 7.80. The third kappa shape index (κ3) is 8.42. The number of hydrogen-bond donors (Lipinski definition) is 5. The van der Waals surface area contributed by atoms with Crippen molar-refractivity contribution < 1.29 is 38.8 Å². The van der Waals surface area contributed by atoms with E-state index in [9.17, 15) is 39.6 Å². The molecule has 0 saturated heterocycles. The second-order valence-corrected chi connectivity index (χ2v) is 14.1. The van der Waals surface area contributed by atoms with E-state index in [0.29, 0.717) is 77.6 Å². The van der Waals surface area contributed by atoms with Gasteiger partial charge in [-0.1, -0.05) is 12.1 Å². The predicted octanol–water partition coefficient (Wildman–Crippen LogP) is 9.71. The van der Waals surface area contributed by atoms with Crippen LogP contribution in [0.4, 0.5) is 11.4 Å². The first-order valence-electron chi connectivity index (χ1n) is 18.6. The third-order valence-electron chi connectivity index (χ3n) is 9.85. The van der Waals surface area contributed by atoms with Gasteiger partial charge in [0, 0.05) is 76.1 Å². The molecule has 4 aromatic carbocycles. The Hall–Kier alpha value is -7.71. The first kappa shape index (κ1) is 41.4. The van der Waals surface area contributed by atoms with Crippen LogP contribution in [-0.4, -0.2) is 60.6 Å². The van der Waals surface area contributed by atoms with Gasteiger partial charge in [-0.15, -0.1) is 0 Å². The number of carboxylic acids is 2. The molecule has 0 fully saturated rings. The van der Waals surface area contributed by atoms with E-state index in [0.717, 1.165) is 13.1 Å². The smallest absolute Gasteiger partial charge is 0.336 e. The number of aliphatic imine (C=N–C) groups is 1. The highest BCUT2D eigenvalue weighted by Crippen LogP contribution is 2.44. The van der Waals surface area contributed by atoms with Gasteiger partial charge in [-0.3, -0.25) is 9.59 Å². The second-order valence-electron chi connectivity index (χ2n) is 13.5. The Morgan fingerprint density at radius 3 is 1.61 bits per heavy atom. The van der Waals surface area contributed by atoms with Crippen LogP contribution < -0.4 is 16.2 Å². The number of nitrogens with zero attached hydrogens (tertiary/aromatic N) is 2. The van der Waals surface area contributed by atoms with Crippen molar-refractivity contribution in [2.75, 3.05) is 18.4 Å². The molecule has 2 aliphatic carbocycles. The average Bonchev–Trinajstić information content (AvgIpc) is 3.22. The Labute approximate surface area is 356 Å². The van der Waals surface area contributed by atoms with Crippen molar-refractivity contribution >= 4 is 80.0 Å². The van der Waals surface area contributed by atoms with Gasteiger partial charge < -0.3 is 39.5 Å². The lowest BCUT2D eigenvalue weighted by atomic mass is 9.90. The molecule has 304 valence electrons. The molecule has 0 unspecified atom stereocenters. The summed E-state index contributed by atoms with van der Waals surface area (Å²) in [5, 5.41) is 46.6. The number of carboxylic acid groups (broad SMARTS) is 2. The Morgan fingerprint density at radius 2 is 1.13 bits per heavy atom. The third-order valence-corrected chi connectivity index (χ3v) is 10.3. The van der Waals surface area contributed by atoms with E-state index in [1.807, 2.05) is 18.7 Å². The zero-order valence-electron chi connectivity index (χ0n) is 32.3. The number of carbonyl (C=O) groups is 2. The Balaban J connectivity index is 0.000000186. The zero-order chi connectivity index (χ0) is 43.5. The molecule has 15 heteroatoms. The van der Waals surface area contributed by atoms with Crippen LogP contribution in [0.15, 0.2) is 133 Å². The molecule has 8 rings (SSSR count). The fourth-order valence-corrected chi connectivity index (χ4v) is 7.56. The van der Waals surface area contributed by atoms with Crippen molar-refractivity contribution in [2.24, 2.45) is 4.99 Å². The second kappa shape index (κ2) is 17.3. The largest absolute Gasteiger partial charge is 0.508 e.